The molecule has 0 amide bonds. The molecule has 1 rings (SSSR count). The van der Waals surface area contributed by atoms with Crippen LogP contribution in [0.25, 0.3) is 0 Å². The Balaban J connectivity index is 2.67. The van der Waals surface area contributed by atoms with Gasteiger partial charge < -0.3 is 10.0 Å². The maximum atomic E-state index is 10.8. The van der Waals surface area contributed by atoms with Crippen LogP contribution in [0.3, 0.4) is 0 Å². The molecule has 1 aromatic rings. The number of nitriles is 1. The normalized spacial score (nSPS) is 10.1. The van der Waals surface area contributed by atoms with Crippen LogP contribution >= 0.6 is 0 Å². The van der Waals surface area contributed by atoms with Gasteiger partial charge in [-0.05, 0) is 18.6 Å². The summed E-state index contributed by atoms with van der Waals surface area (Å²) >= 11 is 0. The summed E-state index contributed by atoms with van der Waals surface area (Å²) in [5.74, 6) is -0.805. The summed E-state index contributed by atoms with van der Waals surface area (Å²) in [4.78, 5) is 12.8. The number of nitrogens with zero attached hydrogens (tertiary/aromatic N) is 2. The van der Waals surface area contributed by atoms with Crippen LogP contribution in [0, 0.1) is 11.3 Å². The van der Waals surface area contributed by atoms with Crippen molar-refractivity contribution in [1.29, 1.82) is 5.26 Å². The van der Waals surface area contributed by atoms with Gasteiger partial charge in [-0.1, -0.05) is 44.7 Å². The van der Waals surface area contributed by atoms with Crippen molar-refractivity contribution < 1.29 is 9.90 Å². The zero-order chi connectivity index (χ0) is 15.5. The molecule has 1 aromatic carbocycles. The number of carbonyl (C=O) groups is 1. The third-order valence-corrected chi connectivity index (χ3v) is 3.49. The van der Waals surface area contributed by atoms with Crippen LogP contribution < -0.4 is 4.90 Å². The summed E-state index contributed by atoms with van der Waals surface area (Å²) in [7, 11) is 0. The highest BCUT2D eigenvalue weighted by atomic mass is 16.4. The second-order valence-electron chi connectivity index (χ2n) is 5.17. The average Bonchev–Trinajstić information content (AvgIpc) is 2.50. The number of para-hydroxylation sites is 1. The first-order valence-corrected chi connectivity index (χ1v) is 7.65. The first-order chi connectivity index (χ1) is 10.2. The molecule has 0 saturated heterocycles. The summed E-state index contributed by atoms with van der Waals surface area (Å²) in [5.41, 5.74) is 1.45. The zero-order valence-electron chi connectivity index (χ0n) is 12.7. The largest absolute Gasteiger partial charge is 0.481 e. The monoisotopic (exact) mass is 288 g/mol. The van der Waals surface area contributed by atoms with Gasteiger partial charge in [0.2, 0.25) is 0 Å². The van der Waals surface area contributed by atoms with Gasteiger partial charge in [0.15, 0.2) is 0 Å². The summed E-state index contributed by atoms with van der Waals surface area (Å²) in [6.45, 7) is 3.43. The molecule has 0 aliphatic rings. The zero-order valence-corrected chi connectivity index (χ0v) is 12.7. The van der Waals surface area contributed by atoms with E-state index >= 15 is 0 Å². The lowest BCUT2D eigenvalue weighted by Crippen LogP contribution is -2.28. The van der Waals surface area contributed by atoms with E-state index in [9.17, 15) is 10.1 Å². The van der Waals surface area contributed by atoms with Crippen LogP contribution in [-0.2, 0) is 4.79 Å². The predicted molar refractivity (Wildman–Crippen MR) is 84.4 cm³/mol. The van der Waals surface area contributed by atoms with E-state index in [-0.39, 0.29) is 6.42 Å². The molecule has 0 radical (unpaired) electrons. The van der Waals surface area contributed by atoms with E-state index in [4.69, 9.17) is 5.11 Å². The van der Waals surface area contributed by atoms with Gasteiger partial charge in [-0.25, -0.2) is 0 Å². The highest BCUT2D eigenvalue weighted by Gasteiger charge is 2.12. The fourth-order valence-corrected chi connectivity index (χ4v) is 2.33. The summed E-state index contributed by atoms with van der Waals surface area (Å²) in [6.07, 6.45) is 5.92. The maximum Gasteiger partial charge on any atom is 0.305 e. The lowest BCUT2D eigenvalue weighted by Gasteiger charge is -2.25. The minimum atomic E-state index is -0.805. The van der Waals surface area contributed by atoms with Gasteiger partial charge in [0, 0.05) is 13.1 Å². The van der Waals surface area contributed by atoms with Crippen molar-refractivity contribution >= 4 is 11.7 Å². The molecule has 0 heterocycles. The Hall–Kier alpha value is -2.02. The lowest BCUT2D eigenvalue weighted by molar-refractivity contribution is -0.136. The number of aliphatic carboxylic acids is 1. The Morgan fingerprint density at radius 2 is 1.90 bits per heavy atom. The highest BCUT2D eigenvalue weighted by molar-refractivity contribution is 5.68. The molecule has 1 N–H and O–H groups in total. The van der Waals surface area contributed by atoms with Gasteiger partial charge in [0.1, 0.15) is 6.07 Å². The molecule has 0 aliphatic heterocycles. The fraction of sp³-hybridized carbons (Fsp3) is 0.529. The minimum Gasteiger partial charge on any atom is -0.481 e. The smallest absolute Gasteiger partial charge is 0.305 e. The number of hydrogen-bond donors (Lipinski definition) is 1. The van der Waals surface area contributed by atoms with E-state index in [2.05, 4.69) is 13.0 Å². The standard InChI is InChI=1S/C17H24N2O2/c1-2-3-4-5-8-12-19(13-11-17(20)21)16-10-7-6-9-15(16)14-18/h6-7,9-10H,2-5,8,11-13H2,1H3,(H,20,21). The Bertz CT molecular complexity index is 480. The fourth-order valence-electron chi connectivity index (χ4n) is 2.33. The first-order valence-electron chi connectivity index (χ1n) is 7.65. The molecular weight excluding hydrogens is 264 g/mol. The molecule has 0 atom stereocenters. The van der Waals surface area contributed by atoms with Gasteiger partial charge in [0.25, 0.3) is 0 Å². The van der Waals surface area contributed by atoms with Crippen molar-refractivity contribution in [3.63, 3.8) is 0 Å². The first kappa shape index (κ1) is 17.0. The highest BCUT2D eigenvalue weighted by Crippen LogP contribution is 2.20. The van der Waals surface area contributed by atoms with Gasteiger partial charge in [0.05, 0.1) is 17.7 Å². The maximum absolute atomic E-state index is 10.8. The molecule has 0 bridgehead atoms. The molecule has 0 aromatic heterocycles. The van der Waals surface area contributed by atoms with E-state index in [1.807, 2.05) is 23.1 Å². The van der Waals surface area contributed by atoms with Gasteiger partial charge >= 0.3 is 5.97 Å². The molecule has 0 saturated carbocycles. The number of carboxylic acid groups (broad SMARTS) is 1. The van der Waals surface area contributed by atoms with Crippen LogP contribution in [0.5, 0.6) is 0 Å². The van der Waals surface area contributed by atoms with E-state index in [0.717, 1.165) is 25.1 Å². The van der Waals surface area contributed by atoms with Crippen LogP contribution in [0.15, 0.2) is 24.3 Å². The van der Waals surface area contributed by atoms with Crippen molar-refractivity contribution in [2.45, 2.75) is 45.4 Å². The SMILES string of the molecule is CCCCCCCN(CCC(=O)O)c1ccccc1C#N. The quantitative estimate of drug-likeness (QED) is 0.665. The Labute approximate surface area is 127 Å². The van der Waals surface area contributed by atoms with Crippen molar-refractivity contribution in [2.24, 2.45) is 0 Å². The van der Waals surface area contributed by atoms with Crippen LogP contribution in [-0.4, -0.2) is 24.2 Å². The molecule has 4 nitrogen and oxygen atoms in total. The third-order valence-electron chi connectivity index (χ3n) is 3.49. The van der Waals surface area contributed by atoms with Crippen molar-refractivity contribution in [3.8, 4) is 6.07 Å². The Kier molecular flexibility index (Phi) is 7.96. The molecule has 0 unspecified atom stereocenters. The van der Waals surface area contributed by atoms with Gasteiger partial charge in [-0.2, -0.15) is 5.26 Å². The Morgan fingerprint density at radius 3 is 2.57 bits per heavy atom. The third kappa shape index (κ3) is 6.31. The predicted octanol–water partition coefficient (Wildman–Crippen LogP) is 3.81. The molecule has 0 aliphatic carbocycles. The lowest BCUT2D eigenvalue weighted by atomic mass is 10.1. The number of benzene rings is 1. The molecule has 0 fully saturated rings. The van der Waals surface area contributed by atoms with Crippen LogP contribution in [0.2, 0.25) is 0 Å². The molecule has 4 heteroatoms. The summed E-state index contributed by atoms with van der Waals surface area (Å²) in [6, 6.07) is 9.58. The van der Waals surface area contributed by atoms with E-state index in [0.29, 0.717) is 12.1 Å². The number of rotatable bonds is 10. The number of anilines is 1. The molecule has 21 heavy (non-hydrogen) atoms. The molecule has 0 spiro atoms. The topological polar surface area (TPSA) is 64.3 Å². The van der Waals surface area contributed by atoms with E-state index in [1.165, 1.54) is 19.3 Å². The van der Waals surface area contributed by atoms with Gasteiger partial charge in [-0.3, -0.25) is 4.79 Å². The van der Waals surface area contributed by atoms with Crippen LogP contribution in [0.1, 0.15) is 51.0 Å². The van der Waals surface area contributed by atoms with Crippen LogP contribution in [0.4, 0.5) is 5.69 Å². The molecular formula is C17H24N2O2. The average molecular weight is 288 g/mol. The number of hydrogen-bond acceptors (Lipinski definition) is 3. The summed E-state index contributed by atoms with van der Waals surface area (Å²) < 4.78 is 0. The number of unbranched alkanes of at least 4 members (excludes halogenated alkanes) is 4. The Morgan fingerprint density at radius 1 is 1.19 bits per heavy atom. The van der Waals surface area contributed by atoms with Crippen molar-refractivity contribution in [1.82, 2.24) is 0 Å². The second-order valence-corrected chi connectivity index (χ2v) is 5.17. The minimum absolute atomic E-state index is 0.0920. The summed E-state index contributed by atoms with van der Waals surface area (Å²) in [5, 5.41) is 18.1. The number of carboxylic acids is 1. The second kappa shape index (κ2) is 9.82. The van der Waals surface area contributed by atoms with E-state index in [1.54, 1.807) is 6.07 Å². The van der Waals surface area contributed by atoms with E-state index < -0.39 is 5.97 Å². The van der Waals surface area contributed by atoms with Crippen molar-refractivity contribution in [2.75, 3.05) is 18.0 Å². The van der Waals surface area contributed by atoms with Crippen molar-refractivity contribution in [3.05, 3.63) is 29.8 Å². The molecule has 114 valence electrons. The van der Waals surface area contributed by atoms with Gasteiger partial charge in [-0.15, -0.1) is 0 Å².